The molecule has 0 rings (SSSR count). The third-order valence-electron chi connectivity index (χ3n) is 0.828. The van der Waals surface area contributed by atoms with Gasteiger partial charge in [-0.15, -0.1) is 0 Å². The second-order valence-electron chi connectivity index (χ2n) is 1.68. The van der Waals surface area contributed by atoms with Gasteiger partial charge in [-0.2, -0.15) is 0 Å². The molecule has 10 heavy (non-hydrogen) atoms. The molecule has 0 bridgehead atoms. The van der Waals surface area contributed by atoms with Gasteiger partial charge < -0.3 is 9.53 Å². The topological polar surface area (TPSA) is 43.4 Å². The maximum absolute atomic E-state index is 10.5. The molecular weight excluding hydrogens is 132 g/mol. The Balaban J connectivity index is 3.24. The highest BCUT2D eigenvalue weighted by atomic mass is 16.5. The number of ether oxygens (including phenoxy) is 1. The van der Waals surface area contributed by atoms with Gasteiger partial charge in [0.2, 0.25) is 0 Å². The van der Waals surface area contributed by atoms with Gasteiger partial charge in [0.05, 0.1) is 6.42 Å². The highest BCUT2D eigenvalue weighted by molar-refractivity contribution is 5.72. The summed E-state index contributed by atoms with van der Waals surface area (Å²) < 4.78 is 4.58. The molecule has 0 aliphatic rings. The van der Waals surface area contributed by atoms with Gasteiger partial charge in [0.1, 0.15) is 12.9 Å². The van der Waals surface area contributed by atoms with E-state index in [1.165, 1.54) is 6.08 Å². The summed E-state index contributed by atoms with van der Waals surface area (Å²) in [5.41, 5.74) is 0. The predicted molar refractivity (Wildman–Crippen MR) is 36.5 cm³/mol. The molecule has 0 aromatic heterocycles. The van der Waals surface area contributed by atoms with Crippen LogP contribution >= 0.6 is 0 Å². The van der Waals surface area contributed by atoms with Crippen LogP contribution in [0, 0.1) is 0 Å². The van der Waals surface area contributed by atoms with Gasteiger partial charge in [0.25, 0.3) is 0 Å². The van der Waals surface area contributed by atoms with Gasteiger partial charge in [-0.05, 0) is 0 Å². The van der Waals surface area contributed by atoms with Crippen LogP contribution in [0.5, 0.6) is 0 Å². The summed E-state index contributed by atoms with van der Waals surface area (Å²) >= 11 is 0. The number of carbonyl (C=O) groups excluding carboxylic acids is 2. The summed E-state index contributed by atoms with van der Waals surface area (Å²) in [5, 5.41) is 0. The molecule has 0 saturated heterocycles. The standard InChI is InChI=1S/C7H10O3/c1-2-6-10-7(9)4-3-5-8/h2,5H,1,3-4,6H2. The second-order valence-corrected chi connectivity index (χ2v) is 1.68. The molecule has 0 aromatic carbocycles. The fourth-order valence-electron chi connectivity index (χ4n) is 0.401. The van der Waals surface area contributed by atoms with Crippen LogP contribution in [0.4, 0.5) is 0 Å². The SMILES string of the molecule is C=CCOC(=O)CCC=O. The van der Waals surface area contributed by atoms with Crippen molar-refractivity contribution in [1.29, 1.82) is 0 Å². The fourth-order valence-corrected chi connectivity index (χ4v) is 0.401. The third-order valence-corrected chi connectivity index (χ3v) is 0.828. The van der Waals surface area contributed by atoms with Crippen molar-refractivity contribution in [3.8, 4) is 0 Å². The summed E-state index contributed by atoms with van der Waals surface area (Å²) in [6, 6.07) is 0. The molecule has 0 N–H and O–H groups in total. The fraction of sp³-hybridized carbons (Fsp3) is 0.429. The molecule has 0 aliphatic heterocycles. The van der Waals surface area contributed by atoms with E-state index in [2.05, 4.69) is 11.3 Å². The van der Waals surface area contributed by atoms with Gasteiger partial charge in [0.15, 0.2) is 0 Å². The van der Waals surface area contributed by atoms with Crippen molar-refractivity contribution in [2.24, 2.45) is 0 Å². The van der Waals surface area contributed by atoms with Crippen LogP contribution in [-0.4, -0.2) is 18.9 Å². The van der Waals surface area contributed by atoms with Crippen LogP contribution in [0.25, 0.3) is 0 Å². The lowest BCUT2D eigenvalue weighted by Gasteiger charge is -1.96. The average Bonchev–Trinajstić information content (AvgIpc) is 1.97. The smallest absolute Gasteiger partial charge is 0.306 e. The average molecular weight is 142 g/mol. The molecule has 3 heteroatoms. The van der Waals surface area contributed by atoms with E-state index in [0.717, 1.165) is 0 Å². The van der Waals surface area contributed by atoms with Crippen molar-refractivity contribution in [2.75, 3.05) is 6.61 Å². The Labute approximate surface area is 59.7 Å². The second kappa shape index (κ2) is 6.01. The molecule has 0 amide bonds. The Morgan fingerprint density at radius 3 is 2.80 bits per heavy atom. The van der Waals surface area contributed by atoms with Gasteiger partial charge in [0, 0.05) is 6.42 Å². The summed E-state index contributed by atoms with van der Waals surface area (Å²) in [5.74, 6) is -0.355. The van der Waals surface area contributed by atoms with Gasteiger partial charge in [-0.25, -0.2) is 0 Å². The number of carbonyl (C=O) groups is 2. The van der Waals surface area contributed by atoms with Crippen molar-refractivity contribution in [3.05, 3.63) is 12.7 Å². The number of esters is 1. The lowest BCUT2D eigenvalue weighted by atomic mass is 10.3. The van der Waals surface area contributed by atoms with Crippen LogP contribution in [0.15, 0.2) is 12.7 Å². The third kappa shape index (κ3) is 5.03. The summed E-state index contributed by atoms with van der Waals surface area (Å²) in [7, 11) is 0. The molecule has 0 radical (unpaired) electrons. The highest BCUT2D eigenvalue weighted by Gasteiger charge is 1.98. The molecular formula is C7H10O3. The van der Waals surface area contributed by atoms with Crippen molar-refractivity contribution in [3.63, 3.8) is 0 Å². The molecule has 0 saturated carbocycles. The molecule has 0 atom stereocenters. The largest absolute Gasteiger partial charge is 0.461 e. The molecule has 0 unspecified atom stereocenters. The summed E-state index contributed by atoms with van der Waals surface area (Å²) in [6.45, 7) is 3.59. The normalized spacial score (nSPS) is 8.40. The van der Waals surface area contributed by atoms with Crippen molar-refractivity contribution < 1.29 is 14.3 Å². The molecule has 0 heterocycles. The number of aldehydes is 1. The van der Waals surface area contributed by atoms with Crippen molar-refractivity contribution in [1.82, 2.24) is 0 Å². The first kappa shape index (κ1) is 8.88. The number of hydrogen-bond donors (Lipinski definition) is 0. The summed E-state index contributed by atoms with van der Waals surface area (Å²) in [4.78, 5) is 20.3. The Hall–Kier alpha value is -1.12. The van der Waals surface area contributed by atoms with Crippen LogP contribution in [-0.2, 0) is 14.3 Å². The molecule has 0 spiro atoms. The van der Waals surface area contributed by atoms with Crippen LogP contribution in [0.1, 0.15) is 12.8 Å². The molecule has 0 fully saturated rings. The summed E-state index contributed by atoms with van der Waals surface area (Å²) in [6.07, 6.45) is 2.57. The van der Waals surface area contributed by atoms with E-state index in [-0.39, 0.29) is 25.4 Å². The Kier molecular flexibility index (Phi) is 5.33. The van der Waals surface area contributed by atoms with Crippen LogP contribution in [0.2, 0.25) is 0 Å². The van der Waals surface area contributed by atoms with Crippen molar-refractivity contribution in [2.45, 2.75) is 12.8 Å². The molecule has 56 valence electrons. The van der Waals surface area contributed by atoms with E-state index >= 15 is 0 Å². The molecule has 0 aromatic rings. The van der Waals surface area contributed by atoms with E-state index in [0.29, 0.717) is 6.29 Å². The maximum Gasteiger partial charge on any atom is 0.306 e. The zero-order valence-corrected chi connectivity index (χ0v) is 5.71. The maximum atomic E-state index is 10.5. The van der Waals surface area contributed by atoms with Gasteiger partial charge in [-0.3, -0.25) is 4.79 Å². The minimum Gasteiger partial charge on any atom is -0.461 e. The lowest BCUT2D eigenvalue weighted by Crippen LogP contribution is -2.03. The first-order chi connectivity index (χ1) is 4.81. The Morgan fingerprint density at radius 1 is 1.60 bits per heavy atom. The number of hydrogen-bond acceptors (Lipinski definition) is 3. The van der Waals surface area contributed by atoms with E-state index in [9.17, 15) is 9.59 Å². The van der Waals surface area contributed by atoms with Gasteiger partial charge in [-0.1, -0.05) is 12.7 Å². The zero-order chi connectivity index (χ0) is 7.82. The highest BCUT2D eigenvalue weighted by Crippen LogP contribution is 1.88. The van der Waals surface area contributed by atoms with E-state index < -0.39 is 0 Å². The molecule has 3 nitrogen and oxygen atoms in total. The van der Waals surface area contributed by atoms with Gasteiger partial charge >= 0.3 is 5.97 Å². The quantitative estimate of drug-likeness (QED) is 0.322. The zero-order valence-electron chi connectivity index (χ0n) is 5.71. The first-order valence-electron chi connectivity index (χ1n) is 3.01. The van der Waals surface area contributed by atoms with Crippen LogP contribution < -0.4 is 0 Å². The minimum atomic E-state index is -0.355. The Morgan fingerprint density at radius 2 is 2.30 bits per heavy atom. The lowest BCUT2D eigenvalue weighted by molar-refractivity contribution is -0.143. The van der Waals surface area contributed by atoms with Crippen LogP contribution in [0.3, 0.4) is 0 Å². The molecule has 0 aliphatic carbocycles. The minimum absolute atomic E-state index is 0.164. The van der Waals surface area contributed by atoms with E-state index in [1.807, 2.05) is 0 Å². The van der Waals surface area contributed by atoms with E-state index in [4.69, 9.17) is 0 Å². The van der Waals surface area contributed by atoms with Crippen molar-refractivity contribution >= 4 is 12.3 Å². The number of rotatable bonds is 5. The first-order valence-corrected chi connectivity index (χ1v) is 3.01. The predicted octanol–water partition coefficient (Wildman–Crippen LogP) is 0.695. The van der Waals surface area contributed by atoms with E-state index in [1.54, 1.807) is 0 Å². The monoisotopic (exact) mass is 142 g/mol. The Bertz CT molecular complexity index is 115.